The molecule has 1 saturated carbocycles. The molecule has 1 aromatic carbocycles. The van der Waals surface area contributed by atoms with Crippen molar-refractivity contribution in [3.63, 3.8) is 0 Å². The Morgan fingerprint density at radius 2 is 1.95 bits per heavy atom. The number of nitrogens with two attached hydrogens (primary N) is 2. The predicted octanol–water partition coefficient (Wildman–Crippen LogP) is 1.76. The van der Waals surface area contributed by atoms with E-state index in [2.05, 4.69) is 33.4 Å². The third-order valence-electron chi connectivity index (χ3n) is 4.91. The largest absolute Gasteiger partial charge is 0.384 e. The van der Waals surface area contributed by atoms with Gasteiger partial charge in [-0.15, -0.1) is 0 Å². The van der Waals surface area contributed by atoms with E-state index in [1.165, 1.54) is 17.7 Å². The molecular weight excluding hydrogens is 276 g/mol. The van der Waals surface area contributed by atoms with Gasteiger partial charge in [-0.3, -0.25) is 4.90 Å². The van der Waals surface area contributed by atoms with E-state index in [4.69, 9.17) is 16.5 Å². The van der Waals surface area contributed by atoms with Crippen LogP contribution < -0.4 is 21.7 Å². The van der Waals surface area contributed by atoms with Crippen LogP contribution in [0.1, 0.15) is 37.7 Å². The second-order valence-electron chi connectivity index (χ2n) is 6.34. The lowest BCUT2D eigenvalue weighted by molar-refractivity contribution is 0.305. The highest BCUT2D eigenvalue weighted by atomic mass is 15.4. The molecule has 0 saturated heterocycles. The van der Waals surface area contributed by atoms with Crippen molar-refractivity contribution in [2.75, 3.05) is 16.8 Å². The molecule has 1 fully saturated rings. The molecular formula is C16H22N6. The van der Waals surface area contributed by atoms with E-state index in [1.807, 2.05) is 0 Å². The van der Waals surface area contributed by atoms with Gasteiger partial charge in [0.05, 0.1) is 0 Å². The average Bonchev–Trinajstić information content (AvgIpc) is 2.94. The molecule has 1 aliphatic carbocycles. The fourth-order valence-electron chi connectivity index (χ4n) is 3.93. The van der Waals surface area contributed by atoms with Crippen molar-refractivity contribution in [3.05, 3.63) is 23.8 Å². The number of guanidine groups is 2. The molecule has 1 aromatic rings. The van der Waals surface area contributed by atoms with Crippen molar-refractivity contribution in [3.8, 4) is 0 Å². The summed E-state index contributed by atoms with van der Waals surface area (Å²) in [4.78, 5) is 11.0. The number of hydrogen-bond acceptors (Lipinski definition) is 6. The number of benzene rings is 1. The summed E-state index contributed by atoms with van der Waals surface area (Å²) in [6.45, 7) is 0.999. The minimum absolute atomic E-state index is 0.304. The molecule has 5 N–H and O–H groups in total. The zero-order valence-electron chi connectivity index (χ0n) is 12.7. The molecule has 0 amide bonds. The number of nitrogens with zero attached hydrogens (tertiary/aromatic N) is 3. The van der Waals surface area contributed by atoms with Crippen LogP contribution >= 0.6 is 0 Å². The normalized spacial score (nSPS) is 22.8. The maximum Gasteiger partial charge on any atom is 0.220 e. The van der Waals surface area contributed by atoms with Crippen LogP contribution in [-0.2, 0) is 6.42 Å². The Morgan fingerprint density at radius 1 is 1.14 bits per heavy atom. The van der Waals surface area contributed by atoms with Crippen LogP contribution in [0.4, 0.5) is 11.4 Å². The third-order valence-corrected chi connectivity index (χ3v) is 4.91. The lowest BCUT2D eigenvalue weighted by Gasteiger charge is -2.45. The summed E-state index contributed by atoms with van der Waals surface area (Å²) < 4.78 is 0. The number of aliphatic imine (C=N–C) groups is 2. The van der Waals surface area contributed by atoms with Gasteiger partial charge < -0.3 is 16.8 Å². The van der Waals surface area contributed by atoms with Gasteiger partial charge in [-0.2, -0.15) is 4.99 Å². The van der Waals surface area contributed by atoms with Crippen LogP contribution in [0.25, 0.3) is 0 Å². The van der Waals surface area contributed by atoms with E-state index in [0.717, 1.165) is 44.3 Å². The van der Waals surface area contributed by atoms with Crippen LogP contribution in [0.5, 0.6) is 0 Å². The van der Waals surface area contributed by atoms with Crippen molar-refractivity contribution in [1.82, 2.24) is 0 Å². The van der Waals surface area contributed by atoms with E-state index in [1.54, 1.807) is 0 Å². The lowest BCUT2D eigenvalue weighted by Crippen LogP contribution is -2.58. The quantitative estimate of drug-likeness (QED) is 0.736. The third kappa shape index (κ3) is 2.01. The molecule has 3 aliphatic rings. The first-order valence-electron chi connectivity index (χ1n) is 8.04. The fraction of sp³-hybridized carbons (Fsp3) is 0.500. The molecule has 6 nitrogen and oxygen atoms in total. The highest BCUT2D eigenvalue weighted by molar-refractivity contribution is 6.05. The molecule has 22 heavy (non-hydrogen) atoms. The summed E-state index contributed by atoms with van der Waals surface area (Å²) >= 11 is 0. The Kier molecular flexibility index (Phi) is 2.99. The van der Waals surface area contributed by atoms with E-state index >= 15 is 0 Å². The fourth-order valence-corrected chi connectivity index (χ4v) is 3.93. The lowest BCUT2D eigenvalue weighted by atomic mass is 9.87. The highest BCUT2D eigenvalue weighted by Gasteiger charge is 2.42. The molecule has 0 aromatic heterocycles. The Morgan fingerprint density at radius 3 is 2.77 bits per heavy atom. The molecule has 0 bridgehead atoms. The monoisotopic (exact) mass is 298 g/mol. The maximum atomic E-state index is 6.25. The number of nitrogens with one attached hydrogen (secondary N) is 1. The van der Waals surface area contributed by atoms with Crippen LogP contribution in [0.3, 0.4) is 0 Å². The maximum absolute atomic E-state index is 6.25. The van der Waals surface area contributed by atoms with Crippen molar-refractivity contribution in [2.24, 2.45) is 21.5 Å². The number of anilines is 2. The van der Waals surface area contributed by atoms with Crippen molar-refractivity contribution in [1.29, 1.82) is 0 Å². The summed E-state index contributed by atoms with van der Waals surface area (Å²) in [5, 5.41) is 3.39. The first-order valence-corrected chi connectivity index (χ1v) is 8.04. The number of hydrogen-bond donors (Lipinski definition) is 3. The summed E-state index contributed by atoms with van der Waals surface area (Å²) in [5.41, 5.74) is 15.4. The summed E-state index contributed by atoms with van der Waals surface area (Å²) in [7, 11) is 0. The van der Waals surface area contributed by atoms with Gasteiger partial charge in [-0.05, 0) is 55.9 Å². The Balaban J connectivity index is 1.79. The van der Waals surface area contributed by atoms with Gasteiger partial charge in [-0.25, -0.2) is 4.99 Å². The second-order valence-corrected chi connectivity index (χ2v) is 6.34. The zero-order valence-corrected chi connectivity index (χ0v) is 12.7. The standard InChI is InChI=1S/C16H22N6/c17-14-20-15(18)22(16(21-14)7-2-1-3-8-16)12-4-5-13-11(10-12)6-9-19-13/h4-5,10,19H,1-3,6-9H2,(H4,17,18,20,21). The Hall–Kier alpha value is -2.24. The number of rotatable bonds is 1. The van der Waals surface area contributed by atoms with E-state index in [0.29, 0.717) is 11.9 Å². The van der Waals surface area contributed by atoms with Crippen molar-refractivity contribution >= 4 is 23.3 Å². The van der Waals surface area contributed by atoms with Crippen LogP contribution in [0, 0.1) is 0 Å². The molecule has 2 heterocycles. The zero-order chi connectivity index (χ0) is 15.2. The Bertz CT molecular complexity index is 657. The molecule has 6 heteroatoms. The first-order chi connectivity index (χ1) is 10.7. The van der Waals surface area contributed by atoms with Crippen LogP contribution in [0.2, 0.25) is 0 Å². The number of fused-ring (bicyclic) bond motifs is 1. The average molecular weight is 298 g/mol. The van der Waals surface area contributed by atoms with E-state index in [9.17, 15) is 0 Å². The first kappa shape index (κ1) is 13.4. The van der Waals surface area contributed by atoms with Crippen LogP contribution in [0.15, 0.2) is 28.2 Å². The van der Waals surface area contributed by atoms with Gasteiger partial charge in [-0.1, -0.05) is 6.42 Å². The summed E-state index contributed by atoms with van der Waals surface area (Å²) in [6, 6.07) is 6.45. The smallest absolute Gasteiger partial charge is 0.220 e. The van der Waals surface area contributed by atoms with Gasteiger partial charge in [0, 0.05) is 17.9 Å². The molecule has 1 spiro atoms. The van der Waals surface area contributed by atoms with Gasteiger partial charge in [0.25, 0.3) is 0 Å². The minimum Gasteiger partial charge on any atom is -0.384 e. The molecule has 0 unspecified atom stereocenters. The predicted molar refractivity (Wildman–Crippen MR) is 90.2 cm³/mol. The summed E-state index contributed by atoms with van der Waals surface area (Å²) in [6.07, 6.45) is 6.53. The van der Waals surface area contributed by atoms with Gasteiger partial charge >= 0.3 is 0 Å². The molecule has 116 valence electrons. The topological polar surface area (TPSA) is 92.0 Å². The van der Waals surface area contributed by atoms with Gasteiger partial charge in [0.1, 0.15) is 5.66 Å². The van der Waals surface area contributed by atoms with E-state index < -0.39 is 0 Å². The van der Waals surface area contributed by atoms with Crippen molar-refractivity contribution in [2.45, 2.75) is 44.2 Å². The molecule has 4 rings (SSSR count). The molecule has 0 atom stereocenters. The van der Waals surface area contributed by atoms with Gasteiger partial charge in [0.2, 0.25) is 11.9 Å². The minimum atomic E-state index is -0.353. The second kappa shape index (κ2) is 4.90. The summed E-state index contributed by atoms with van der Waals surface area (Å²) in [5.74, 6) is 0.763. The van der Waals surface area contributed by atoms with Gasteiger partial charge in [0.15, 0.2) is 0 Å². The van der Waals surface area contributed by atoms with Crippen molar-refractivity contribution < 1.29 is 0 Å². The Labute approximate surface area is 130 Å². The highest BCUT2D eigenvalue weighted by Crippen LogP contribution is 2.40. The SMILES string of the molecule is NC1=NC2(CCCCC2)N(c2ccc3c(c2)CCN3)C(N)=N1. The van der Waals surface area contributed by atoms with Crippen LogP contribution in [-0.4, -0.2) is 24.1 Å². The molecule has 2 aliphatic heterocycles. The molecule has 0 radical (unpaired) electrons. The van der Waals surface area contributed by atoms with E-state index in [-0.39, 0.29) is 5.66 Å².